The molecule has 0 amide bonds. The highest BCUT2D eigenvalue weighted by Gasteiger charge is 2.30. The van der Waals surface area contributed by atoms with Gasteiger partial charge < -0.3 is 30.2 Å². The zero-order valence-corrected chi connectivity index (χ0v) is 24.1. The summed E-state index contributed by atoms with van der Waals surface area (Å²) in [5.41, 5.74) is 1.24. The second kappa shape index (κ2) is 16.2. The number of nitrogens with zero attached hydrogens (tertiary/aromatic N) is 5. The molecule has 3 fully saturated rings. The van der Waals surface area contributed by atoms with Crippen molar-refractivity contribution in [3.63, 3.8) is 0 Å². The summed E-state index contributed by atoms with van der Waals surface area (Å²) in [7, 11) is 0. The third-order valence-electron chi connectivity index (χ3n) is 8.55. The first kappa shape index (κ1) is 29.8. The Morgan fingerprint density at radius 1 is 0.744 bits per heavy atom. The molecule has 1 aromatic rings. The lowest BCUT2D eigenvalue weighted by Gasteiger charge is -2.36. The highest BCUT2D eigenvalue weighted by Crippen LogP contribution is 2.35. The highest BCUT2D eigenvalue weighted by molar-refractivity contribution is 5.66. The predicted molar refractivity (Wildman–Crippen MR) is 158 cm³/mol. The molecule has 9 heteroatoms. The van der Waals surface area contributed by atoms with Gasteiger partial charge in [-0.25, -0.2) is 0 Å². The number of hydrogen-bond acceptors (Lipinski definition) is 8. The van der Waals surface area contributed by atoms with Crippen LogP contribution in [0.5, 0.6) is 0 Å². The summed E-state index contributed by atoms with van der Waals surface area (Å²) in [6.45, 7) is 6.37. The number of aliphatic hydroxyl groups is 1. The maximum absolute atomic E-state index is 10.9. The molecule has 3 aliphatic rings. The SMILES string of the molecule is O=C(O)CCCCCCCCCCCCCc1c(N2CCCC2)nc(N2CCCC2)nc1N1CCNCC1O. The molecule has 3 saturated heterocycles. The minimum atomic E-state index is -0.675. The van der Waals surface area contributed by atoms with Gasteiger partial charge in [0.05, 0.1) is 0 Å². The zero-order chi connectivity index (χ0) is 27.3. The third-order valence-corrected chi connectivity index (χ3v) is 8.55. The molecule has 3 aliphatic heterocycles. The van der Waals surface area contributed by atoms with Crippen LogP contribution in [0.2, 0.25) is 0 Å². The zero-order valence-electron chi connectivity index (χ0n) is 24.1. The number of aromatic nitrogens is 2. The van der Waals surface area contributed by atoms with Gasteiger partial charge in [-0.05, 0) is 44.9 Å². The molecule has 4 rings (SSSR count). The summed E-state index contributed by atoms with van der Waals surface area (Å²) in [5, 5.41) is 22.9. The predicted octanol–water partition coefficient (Wildman–Crippen LogP) is 4.71. The molecule has 0 saturated carbocycles. The molecule has 0 aliphatic carbocycles. The van der Waals surface area contributed by atoms with Crippen LogP contribution < -0.4 is 20.0 Å². The Kier molecular flexibility index (Phi) is 12.4. The van der Waals surface area contributed by atoms with E-state index in [9.17, 15) is 9.90 Å². The Hall–Kier alpha value is -2.13. The Bertz CT molecular complexity index is 872. The monoisotopic (exact) mass is 544 g/mol. The van der Waals surface area contributed by atoms with Gasteiger partial charge in [-0.2, -0.15) is 9.97 Å². The summed E-state index contributed by atoms with van der Waals surface area (Å²) >= 11 is 0. The number of aliphatic carboxylic acids is 1. The lowest BCUT2D eigenvalue weighted by Crippen LogP contribution is -2.52. The van der Waals surface area contributed by atoms with Gasteiger partial charge in [-0.1, -0.05) is 57.8 Å². The van der Waals surface area contributed by atoms with Crippen molar-refractivity contribution in [2.75, 3.05) is 60.5 Å². The molecule has 3 N–H and O–H groups in total. The van der Waals surface area contributed by atoms with E-state index in [2.05, 4.69) is 20.0 Å². The first-order valence-electron chi connectivity index (χ1n) is 15.9. The standard InChI is InChI=1S/C30H52N6O3/c37-26-24-31-18-23-36(26)29-25(16-10-8-6-4-2-1-3-5-7-9-11-17-27(38)39)28(34-19-12-13-20-34)32-30(33-29)35-21-14-15-22-35/h26,31,37H,1-24H2,(H,38,39). The van der Waals surface area contributed by atoms with Gasteiger partial charge >= 0.3 is 5.97 Å². The minimum absolute atomic E-state index is 0.311. The van der Waals surface area contributed by atoms with Gasteiger partial charge in [-0.15, -0.1) is 0 Å². The van der Waals surface area contributed by atoms with Crippen molar-refractivity contribution in [1.29, 1.82) is 0 Å². The van der Waals surface area contributed by atoms with Crippen molar-refractivity contribution < 1.29 is 15.0 Å². The molecule has 1 atom stereocenters. The molecule has 39 heavy (non-hydrogen) atoms. The Morgan fingerprint density at radius 3 is 1.87 bits per heavy atom. The number of β-amino-alcohol motifs (C(OH)–C–C–N with tert-alkyl or cyclic N) is 1. The molecular formula is C30H52N6O3. The summed E-state index contributed by atoms with van der Waals surface area (Å²) < 4.78 is 0. The van der Waals surface area contributed by atoms with Crippen molar-refractivity contribution in [1.82, 2.24) is 15.3 Å². The molecule has 0 radical (unpaired) electrons. The normalized spacial score (nSPS) is 19.8. The van der Waals surface area contributed by atoms with E-state index in [0.717, 1.165) is 89.0 Å². The fourth-order valence-electron chi connectivity index (χ4n) is 6.27. The van der Waals surface area contributed by atoms with Crippen LogP contribution in [0.25, 0.3) is 0 Å². The van der Waals surface area contributed by atoms with E-state index in [1.807, 2.05) is 0 Å². The molecule has 9 nitrogen and oxygen atoms in total. The molecule has 0 spiro atoms. The van der Waals surface area contributed by atoms with Gasteiger partial charge in [0.15, 0.2) is 0 Å². The van der Waals surface area contributed by atoms with Crippen LogP contribution in [0.1, 0.15) is 108 Å². The lowest BCUT2D eigenvalue weighted by atomic mass is 10.0. The average molecular weight is 545 g/mol. The number of anilines is 3. The fourth-order valence-corrected chi connectivity index (χ4v) is 6.27. The summed E-state index contributed by atoms with van der Waals surface area (Å²) in [4.78, 5) is 27.8. The molecule has 4 heterocycles. The van der Waals surface area contributed by atoms with Crippen molar-refractivity contribution >= 4 is 23.6 Å². The van der Waals surface area contributed by atoms with Gasteiger partial charge in [0.25, 0.3) is 0 Å². The second-order valence-corrected chi connectivity index (χ2v) is 11.7. The summed E-state index contributed by atoms with van der Waals surface area (Å²) in [5.74, 6) is 2.26. The van der Waals surface area contributed by atoms with E-state index >= 15 is 0 Å². The van der Waals surface area contributed by atoms with Crippen LogP contribution >= 0.6 is 0 Å². The number of piperazine rings is 1. The first-order chi connectivity index (χ1) is 19.1. The van der Waals surface area contributed by atoms with E-state index in [0.29, 0.717) is 13.0 Å². The summed E-state index contributed by atoms with van der Waals surface area (Å²) in [6, 6.07) is 0. The second-order valence-electron chi connectivity index (χ2n) is 11.7. The molecule has 0 aromatic carbocycles. The topological polar surface area (TPSA) is 105 Å². The largest absolute Gasteiger partial charge is 0.481 e. The first-order valence-corrected chi connectivity index (χ1v) is 15.9. The van der Waals surface area contributed by atoms with Crippen LogP contribution in [-0.2, 0) is 11.2 Å². The van der Waals surface area contributed by atoms with Crippen LogP contribution in [0, 0.1) is 0 Å². The lowest BCUT2D eigenvalue weighted by molar-refractivity contribution is -0.137. The van der Waals surface area contributed by atoms with E-state index in [-0.39, 0.29) is 0 Å². The number of aliphatic hydroxyl groups excluding tert-OH is 1. The van der Waals surface area contributed by atoms with Gasteiger partial charge in [0, 0.05) is 57.8 Å². The number of nitrogens with one attached hydrogen (secondary N) is 1. The van der Waals surface area contributed by atoms with E-state index in [1.165, 1.54) is 76.2 Å². The van der Waals surface area contributed by atoms with Crippen molar-refractivity contribution in [3.8, 4) is 0 Å². The van der Waals surface area contributed by atoms with Gasteiger partial charge in [0.2, 0.25) is 5.95 Å². The number of unbranched alkanes of at least 4 members (excludes halogenated alkanes) is 10. The highest BCUT2D eigenvalue weighted by atomic mass is 16.4. The number of carbonyl (C=O) groups is 1. The molecule has 220 valence electrons. The number of rotatable bonds is 17. The maximum Gasteiger partial charge on any atom is 0.303 e. The van der Waals surface area contributed by atoms with Crippen molar-refractivity contribution in [2.24, 2.45) is 0 Å². The van der Waals surface area contributed by atoms with Crippen LogP contribution in [0.4, 0.5) is 17.6 Å². The number of carboxylic acid groups (broad SMARTS) is 1. The Morgan fingerprint density at radius 2 is 1.28 bits per heavy atom. The molecule has 1 unspecified atom stereocenters. The summed E-state index contributed by atoms with van der Waals surface area (Å²) in [6.07, 6.45) is 18.5. The van der Waals surface area contributed by atoms with Crippen molar-refractivity contribution in [2.45, 2.75) is 115 Å². The molecule has 0 bridgehead atoms. The van der Waals surface area contributed by atoms with E-state index < -0.39 is 12.2 Å². The third kappa shape index (κ3) is 9.20. The van der Waals surface area contributed by atoms with Gasteiger partial charge in [-0.3, -0.25) is 4.79 Å². The average Bonchev–Trinajstić information content (AvgIpc) is 3.66. The van der Waals surface area contributed by atoms with Crippen LogP contribution in [0.15, 0.2) is 0 Å². The fraction of sp³-hybridized carbons (Fsp3) is 0.833. The van der Waals surface area contributed by atoms with Crippen molar-refractivity contribution in [3.05, 3.63) is 5.56 Å². The molecular weight excluding hydrogens is 492 g/mol. The maximum atomic E-state index is 10.9. The quantitative estimate of drug-likeness (QED) is 0.240. The number of carboxylic acids is 1. The van der Waals surface area contributed by atoms with Crippen LogP contribution in [-0.4, -0.2) is 78.2 Å². The smallest absolute Gasteiger partial charge is 0.303 e. The number of hydrogen-bond donors (Lipinski definition) is 3. The molecule has 1 aromatic heterocycles. The Labute approximate surface area is 235 Å². The van der Waals surface area contributed by atoms with Crippen LogP contribution in [0.3, 0.4) is 0 Å². The van der Waals surface area contributed by atoms with E-state index in [4.69, 9.17) is 15.1 Å². The minimum Gasteiger partial charge on any atom is -0.481 e. The van der Waals surface area contributed by atoms with E-state index in [1.54, 1.807) is 0 Å². The Balaban J connectivity index is 1.30. The van der Waals surface area contributed by atoms with Gasteiger partial charge in [0.1, 0.15) is 17.9 Å².